The highest BCUT2D eigenvalue weighted by Gasteiger charge is 2.22. The van der Waals surface area contributed by atoms with Crippen molar-refractivity contribution in [2.45, 2.75) is 32.5 Å². The standard InChI is InChI=1S/C17H23N5O2S/c1-2-24-16(23)19-14-7-6-10-20(11-14)13-22-17(25)21(12-18-22)15-8-4-3-5-9-15/h3-5,8-9,12,14H,2,6-7,10-11,13H2,1H3,(H,19,23). The van der Waals surface area contributed by atoms with Crippen LogP contribution in [0.15, 0.2) is 36.7 Å². The maximum atomic E-state index is 11.6. The Morgan fingerprint density at radius 2 is 2.20 bits per heavy atom. The van der Waals surface area contributed by atoms with Gasteiger partial charge in [-0.1, -0.05) is 18.2 Å². The van der Waals surface area contributed by atoms with Crippen LogP contribution in [0.4, 0.5) is 4.79 Å². The summed E-state index contributed by atoms with van der Waals surface area (Å²) in [5.41, 5.74) is 0.999. The molecule has 1 unspecified atom stereocenters. The number of amides is 1. The summed E-state index contributed by atoms with van der Waals surface area (Å²) in [7, 11) is 0. The molecule has 1 saturated heterocycles. The first-order valence-corrected chi connectivity index (χ1v) is 8.93. The molecule has 2 heterocycles. The number of piperidine rings is 1. The number of hydrogen-bond acceptors (Lipinski definition) is 5. The van der Waals surface area contributed by atoms with Crippen LogP contribution in [-0.2, 0) is 11.4 Å². The number of nitrogens with one attached hydrogen (secondary N) is 1. The molecule has 0 saturated carbocycles. The minimum absolute atomic E-state index is 0.0955. The summed E-state index contributed by atoms with van der Waals surface area (Å²) in [4.78, 5) is 13.8. The van der Waals surface area contributed by atoms with Crippen LogP contribution in [-0.4, -0.2) is 51.1 Å². The van der Waals surface area contributed by atoms with Gasteiger partial charge in [-0.2, -0.15) is 5.10 Å². The van der Waals surface area contributed by atoms with E-state index in [9.17, 15) is 4.79 Å². The van der Waals surface area contributed by atoms with Gasteiger partial charge in [0.05, 0.1) is 13.3 Å². The topological polar surface area (TPSA) is 64.3 Å². The van der Waals surface area contributed by atoms with E-state index in [1.54, 1.807) is 13.3 Å². The third-order valence-electron chi connectivity index (χ3n) is 4.20. The summed E-state index contributed by atoms with van der Waals surface area (Å²) in [6, 6.07) is 10.0. The fourth-order valence-corrected chi connectivity index (χ4v) is 3.29. The SMILES string of the molecule is CCOC(=O)NC1CCCN(Cn2ncn(-c3ccccc3)c2=S)C1. The van der Waals surface area contributed by atoms with Crippen LogP contribution in [0.3, 0.4) is 0 Å². The molecule has 1 atom stereocenters. The maximum absolute atomic E-state index is 11.6. The van der Waals surface area contributed by atoms with Crippen LogP contribution in [0, 0.1) is 4.77 Å². The normalized spacial score (nSPS) is 18.0. The van der Waals surface area contributed by atoms with Crippen molar-refractivity contribution in [1.82, 2.24) is 24.6 Å². The van der Waals surface area contributed by atoms with Crippen LogP contribution in [0.2, 0.25) is 0 Å². The smallest absolute Gasteiger partial charge is 0.407 e. The molecule has 25 heavy (non-hydrogen) atoms. The van der Waals surface area contributed by atoms with Crippen molar-refractivity contribution < 1.29 is 9.53 Å². The predicted molar refractivity (Wildman–Crippen MR) is 97.1 cm³/mol. The Hall–Kier alpha value is -2.19. The second-order valence-electron chi connectivity index (χ2n) is 6.04. The van der Waals surface area contributed by atoms with Crippen molar-refractivity contribution in [2.75, 3.05) is 19.7 Å². The van der Waals surface area contributed by atoms with Crippen LogP contribution < -0.4 is 5.32 Å². The quantitative estimate of drug-likeness (QED) is 0.829. The van der Waals surface area contributed by atoms with Gasteiger partial charge < -0.3 is 10.1 Å². The lowest BCUT2D eigenvalue weighted by atomic mass is 10.1. The average molecular weight is 361 g/mol. The number of nitrogens with zero attached hydrogens (tertiary/aromatic N) is 4. The molecule has 3 rings (SSSR count). The molecule has 0 radical (unpaired) electrons. The lowest BCUT2D eigenvalue weighted by Gasteiger charge is -2.32. The summed E-state index contributed by atoms with van der Waals surface area (Å²) >= 11 is 5.56. The molecular weight excluding hydrogens is 338 g/mol. The van der Waals surface area contributed by atoms with E-state index in [1.165, 1.54) is 0 Å². The summed E-state index contributed by atoms with van der Waals surface area (Å²) in [5.74, 6) is 0. The lowest BCUT2D eigenvalue weighted by molar-refractivity contribution is 0.121. The Balaban J connectivity index is 1.64. The highest BCUT2D eigenvalue weighted by molar-refractivity contribution is 7.71. The van der Waals surface area contributed by atoms with Crippen LogP contribution in [0.25, 0.3) is 5.69 Å². The van der Waals surface area contributed by atoms with E-state index in [0.29, 0.717) is 18.0 Å². The van der Waals surface area contributed by atoms with Crippen molar-refractivity contribution in [2.24, 2.45) is 0 Å². The van der Waals surface area contributed by atoms with Gasteiger partial charge in [0.1, 0.15) is 6.33 Å². The number of carbonyl (C=O) groups is 1. The first-order chi connectivity index (χ1) is 12.2. The van der Waals surface area contributed by atoms with Gasteiger partial charge in [-0.15, -0.1) is 0 Å². The second kappa shape index (κ2) is 8.26. The van der Waals surface area contributed by atoms with Gasteiger partial charge in [-0.3, -0.25) is 9.47 Å². The molecular formula is C17H23N5O2S. The molecule has 1 fully saturated rings. The zero-order chi connectivity index (χ0) is 17.6. The highest BCUT2D eigenvalue weighted by Crippen LogP contribution is 2.13. The molecule has 1 aromatic carbocycles. The molecule has 1 aliphatic heterocycles. The zero-order valence-electron chi connectivity index (χ0n) is 14.3. The Morgan fingerprint density at radius 1 is 1.40 bits per heavy atom. The number of benzene rings is 1. The van der Waals surface area contributed by atoms with Gasteiger partial charge in [0.2, 0.25) is 4.77 Å². The lowest BCUT2D eigenvalue weighted by Crippen LogP contribution is -2.48. The monoisotopic (exact) mass is 361 g/mol. The molecule has 1 amide bonds. The molecule has 0 aliphatic carbocycles. The number of carbonyl (C=O) groups excluding carboxylic acids is 1. The van der Waals surface area contributed by atoms with Gasteiger partial charge in [0.25, 0.3) is 0 Å². The van der Waals surface area contributed by atoms with Gasteiger partial charge in [-0.05, 0) is 44.1 Å². The number of hydrogen-bond donors (Lipinski definition) is 1. The van der Waals surface area contributed by atoms with Gasteiger partial charge >= 0.3 is 6.09 Å². The number of likely N-dealkylation sites (tertiary alicyclic amines) is 1. The summed E-state index contributed by atoms with van der Waals surface area (Å²) in [5, 5.41) is 7.34. The Kier molecular flexibility index (Phi) is 5.83. The van der Waals surface area contributed by atoms with E-state index >= 15 is 0 Å². The van der Waals surface area contributed by atoms with Crippen molar-refractivity contribution in [3.05, 3.63) is 41.4 Å². The van der Waals surface area contributed by atoms with E-state index < -0.39 is 0 Å². The number of alkyl carbamates (subject to hydrolysis) is 1. The fraction of sp³-hybridized carbons (Fsp3) is 0.471. The largest absolute Gasteiger partial charge is 0.450 e. The zero-order valence-corrected chi connectivity index (χ0v) is 15.1. The Morgan fingerprint density at radius 3 is 2.96 bits per heavy atom. The van der Waals surface area contributed by atoms with Crippen molar-refractivity contribution in [1.29, 1.82) is 0 Å². The molecule has 2 aromatic rings. The molecule has 8 heteroatoms. The minimum Gasteiger partial charge on any atom is -0.450 e. The van der Waals surface area contributed by atoms with Crippen LogP contribution in [0.1, 0.15) is 19.8 Å². The summed E-state index contributed by atoms with van der Waals surface area (Å²) in [6.45, 7) is 4.52. The molecule has 1 aliphatic rings. The van der Waals surface area contributed by atoms with Crippen LogP contribution >= 0.6 is 12.2 Å². The molecule has 134 valence electrons. The van der Waals surface area contributed by atoms with E-state index in [1.807, 2.05) is 39.6 Å². The number of ether oxygens (including phenoxy) is 1. The van der Waals surface area contributed by atoms with E-state index in [0.717, 1.165) is 31.6 Å². The molecule has 1 aromatic heterocycles. The average Bonchev–Trinajstić information content (AvgIpc) is 2.97. The maximum Gasteiger partial charge on any atom is 0.407 e. The number of rotatable bonds is 5. The van der Waals surface area contributed by atoms with Crippen LogP contribution in [0.5, 0.6) is 0 Å². The van der Waals surface area contributed by atoms with E-state index in [-0.39, 0.29) is 12.1 Å². The first kappa shape index (κ1) is 17.6. The number of para-hydroxylation sites is 1. The third-order valence-corrected chi connectivity index (χ3v) is 4.61. The van der Waals surface area contributed by atoms with Gasteiger partial charge in [-0.25, -0.2) is 9.48 Å². The van der Waals surface area contributed by atoms with E-state index in [2.05, 4.69) is 15.3 Å². The molecule has 0 spiro atoms. The highest BCUT2D eigenvalue weighted by atomic mass is 32.1. The molecule has 0 bridgehead atoms. The first-order valence-electron chi connectivity index (χ1n) is 8.53. The predicted octanol–water partition coefficient (Wildman–Crippen LogP) is 2.57. The Bertz CT molecular complexity index is 758. The Labute approximate surface area is 152 Å². The van der Waals surface area contributed by atoms with Gasteiger partial charge in [0.15, 0.2) is 0 Å². The number of aromatic nitrogens is 3. The van der Waals surface area contributed by atoms with Crippen molar-refractivity contribution >= 4 is 18.3 Å². The molecule has 7 nitrogen and oxygen atoms in total. The van der Waals surface area contributed by atoms with Crippen molar-refractivity contribution in [3.8, 4) is 5.69 Å². The van der Waals surface area contributed by atoms with Crippen molar-refractivity contribution in [3.63, 3.8) is 0 Å². The van der Waals surface area contributed by atoms with Gasteiger partial charge in [0, 0.05) is 24.8 Å². The minimum atomic E-state index is -0.348. The summed E-state index contributed by atoms with van der Waals surface area (Å²) in [6.07, 6.45) is 3.37. The van der Waals surface area contributed by atoms with E-state index in [4.69, 9.17) is 17.0 Å². The fourth-order valence-electron chi connectivity index (χ4n) is 3.03. The second-order valence-corrected chi connectivity index (χ2v) is 6.41. The molecule has 1 N–H and O–H groups in total. The summed E-state index contributed by atoms with van der Waals surface area (Å²) < 4.78 is 9.33. The third kappa shape index (κ3) is 4.46.